The molecule has 1 rings (SSSR count). The molecule has 0 fully saturated rings. The Morgan fingerprint density at radius 3 is 2.27 bits per heavy atom. The molecule has 0 aliphatic rings. The van der Waals surface area contributed by atoms with Gasteiger partial charge in [0.2, 0.25) is 6.29 Å². The molecule has 0 bridgehead atoms. The molecule has 1 unspecified atom stereocenters. The maximum Gasteiger partial charge on any atom is 0.511 e. The lowest BCUT2D eigenvalue weighted by atomic mass is 10.1. The number of unbranched alkanes of at least 4 members (excludes halogenated alkanes) is 10. The number of H-pyrrole nitrogens is 1. The smallest absolute Gasteiger partial charge is 0.432 e. The molecule has 0 aromatic carbocycles. The molecule has 7 nitrogen and oxygen atoms in total. The average Bonchev–Trinajstić information content (AvgIpc) is 3.15. The summed E-state index contributed by atoms with van der Waals surface area (Å²) in [4.78, 5) is 26.1. The SMILES string of the molecule is CCCCCCCCCCCCC#Cc1cc(F)c(C(=O)OC(C)OC(=O)OCCOC)[nH]1. The van der Waals surface area contributed by atoms with E-state index in [0.717, 1.165) is 18.9 Å². The zero-order chi connectivity index (χ0) is 24.3. The first kappa shape index (κ1) is 28.5. The van der Waals surface area contributed by atoms with Crippen molar-refractivity contribution in [2.75, 3.05) is 20.3 Å². The number of esters is 1. The summed E-state index contributed by atoms with van der Waals surface area (Å²) >= 11 is 0. The number of ether oxygens (including phenoxy) is 4. The standard InChI is InChI=1S/C25H38FNO6/c1-4-5-6-7-8-9-10-11-12-13-14-15-16-21-19-22(26)23(27-21)24(28)32-20(2)33-25(29)31-18-17-30-3/h19-20,27H,4-14,17-18H2,1-3H3. The van der Waals surface area contributed by atoms with E-state index < -0.39 is 24.2 Å². The molecule has 0 amide bonds. The molecule has 1 aromatic heterocycles. The molecule has 186 valence electrons. The lowest BCUT2D eigenvalue weighted by Crippen LogP contribution is -2.23. The predicted molar refractivity (Wildman–Crippen MR) is 123 cm³/mol. The molecule has 1 atom stereocenters. The summed E-state index contributed by atoms with van der Waals surface area (Å²) < 4.78 is 33.2. The van der Waals surface area contributed by atoms with Crippen LogP contribution in [0.15, 0.2) is 6.07 Å². The fourth-order valence-corrected chi connectivity index (χ4v) is 3.12. The van der Waals surface area contributed by atoms with Gasteiger partial charge >= 0.3 is 12.1 Å². The minimum atomic E-state index is -1.25. The number of rotatable bonds is 16. The number of hydrogen-bond acceptors (Lipinski definition) is 6. The maximum atomic E-state index is 14.1. The van der Waals surface area contributed by atoms with Crippen LogP contribution >= 0.6 is 0 Å². The molecule has 33 heavy (non-hydrogen) atoms. The van der Waals surface area contributed by atoms with Crippen LogP contribution in [0, 0.1) is 17.7 Å². The summed E-state index contributed by atoms with van der Waals surface area (Å²) in [5.74, 6) is 4.06. The fourth-order valence-electron chi connectivity index (χ4n) is 3.12. The minimum Gasteiger partial charge on any atom is -0.432 e. The normalized spacial score (nSPS) is 11.4. The quantitative estimate of drug-likeness (QED) is 0.136. The van der Waals surface area contributed by atoms with Gasteiger partial charge in [0.15, 0.2) is 11.5 Å². The van der Waals surface area contributed by atoms with Crippen LogP contribution in [0.1, 0.15) is 101 Å². The maximum absolute atomic E-state index is 14.1. The molecule has 1 N–H and O–H groups in total. The topological polar surface area (TPSA) is 86.8 Å². The number of halogens is 1. The highest BCUT2D eigenvalue weighted by Gasteiger charge is 2.21. The van der Waals surface area contributed by atoms with Crippen LogP contribution in [0.25, 0.3) is 0 Å². The zero-order valence-corrected chi connectivity index (χ0v) is 20.2. The number of nitrogens with one attached hydrogen (secondary N) is 1. The molecule has 0 saturated carbocycles. The van der Waals surface area contributed by atoms with Crippen LogP contribution in [0.4, 0.5) is 9.18 Å². The Morgan fingerprint density at radius 2 is 1.64 bits per heavy atom. The average molecular weight is 468 g/mol. The number of aromatic amines is 1. The Labute approximate surface area is 196 Å². The molecule has 1 aromatic rings. The van der Waals surface area contributed by atoms with Crippen LogP contribution in [-0.2, 0) is 18.9 Å². The van der Waals surface area contributed by atoms with Gasteiger partial charge in [-0.2, -0.15) is 0 Å². The van der Waals surface area contributed by atoms with Gasteiger partial charge in [-0.1, -0.05) is 70.6 Å². The molecule has 0 saturated heterocycles. The number of hydrogen-bond donors (Lipinski definition) is 1. The zero-order valence-electron chi connectivity index (χ0n) is 20.2. The summed E-state index contributed by atoms with van der Waals surface area (Å²) in [5, 5.41) is 0. The molecule has 0 aliphatic heterocycles. The van der Waals surface area contributed by atoms with Crippen LogP contribution in [-0.4, -0.2) is 43.7 Å². The summed E-state index contributed by atoms with van der Waals surface area (Å²) in [5.41, 5.74) is -0.0829. The van der Waals surface area contributed by atoms with Gasteiger partial charge in [-0.3, -0.25) is 0 Å². The molecular formula is C25H38FNO6. The van der Waals surface area contributed by atoms with E-state index in [2.05, 4.69) is 23.7 Å². The Kier molecular flexibility index (Phi) is 15.5. The van der Waals surface area contributed by atoms with Crippen molar-refractivity contribution in [2.24, 2.45) is 0 Å². The van der Waals surface area contributed by atoms with Crippen molar-refractivity contribution in [3.05, 3.63) is 23.3 Å². The van der Waals surface area contributed by atoms with E-state index in [1.807, 2.05) is 0 Å². The second-order valence-electron chi connectivity index (χ2n) is 7.82. The van der Waals surface area contributed by atoms with Crippen molar-refractivity contribution in [3.63, 3.8) is 0 Å². The summed E-state index contributed by atoms with van der Waals surface area (Å²) in [7, 11) is 1.46. The fraction of sp³-hybridized carbons (Fsp3) is 0.680. The summed E-state index contributed by atoms with van der Waals surface area (Å²) in [6.45, 7) is 3.76. The van der Waals surface area contributed by atoms with Gasteiger partial charge in [0.05, 0.1) is 12.3 Å². The van der Waals surface area contributed by atoms with Crippen molar-refractivity contribution in [2.45, 2.75) is 90.8 Å². The van der Waals surface area contributed by atoms with E-state index in [1.54, 1.807) is 0 Å². The van der Waals surface area contributed by atoms with E-state index in [4.69, 9.17) is 18.9 Å². The highest BCUT2D eigenvalue weighted by molar-refractivity contribution is 5.88. The Bertz CT molecular complexity index is 752. The number of aromatic nitrogens is 1. The Balaban J connectivity index is 2.28. The Hall–Kier alpha value is -2.53. The van der Waals surface area contributed by atoms with E-state index >= 15 is 0 Å². The second-order valence-corrected chi connectivity index (χ2v) is 7.82. The van der Waals surface area contributed by atoms with E-state index in [9.17, 15) is 14.0 Å². The second kappa shape index (κ2) is 18.0. The van der Waals surface area contributed by atoms with Gasteiger partial charge in [-0.25, -0.2) is 14.0 Å². The van der Waals surface area contributed by atoms with Crippen LogP contribution in [0.2, 0.25) is 0 Å². The van der Waals surface area contributed by atoms with Gasteiger partial charge in [0.1, 0.15) is 6.61 Å². The van der Waals surface area contributed by atoms with Crippen LogP contribution in [0.3, 0.4) is 0 Å². The first-order chi connectivity index (χ1) is 16.0. The first-order valence-corrected chi connectivity index (χ1v) is 11.9. The number of methoxy groups -OCH3 is 1. The lowest BCUT2D eigenvalue weighted by molar-refractivity contribution is -0.0843. The van der Waals surface area contributed by atoms with Crippen LogP contribution < -0.4 is 0 Å². The molecule has 0 spiro atoms. The van der Waals surface area contributed by atoms with Crippen molar-refractivity contribution in [3.8, 4) is 11.8 Å². The van der Waals surface area contributed by atoms with Crippen molar-refractivity contribution in [1.82, 2.24) is 4.98 Å². The van der Waals surface area contributed by atoms with Gasteiger partial charge in [-0.15, -0.1) is 0 Å². The molecule has 0 aliphatic carbocycles. The monoisotopic (exact) mass is 467 g/mol. The van der Waals surface area contributed by atoms with E-state index in [1.165, 1.54) is 65.4 Å². The van der Waals surface area contributed by atoms with Crippen molar-refractivity contribution in [1.29, 1.82) is 0 Å². The van der Waals surface area contributed by atoms with Crippen molar-refractivity contribution >= 4 is 12.1 Å². The van der Waals surface area contributed by atoms with Gasteiger partial charge in [0, 0.05) is 26.5 Å². The van der Waals surface area contributed by atoms with Gasteiger partial charge in [0.25, 0.3) is 0 Å². The number of carbonyl (C=O) groups is 2. The summed E-state index contributed by atoms with van der Waals surface area (Å²) in [6, 6.07) is 1.15. The first-order valence-electron chi connectivity index (χ1n) is 11.9. The van der Waals surface area contributed by atoms with Gasteiger partial charge in [-0.05, 0) is 12.3 Å². The summed E-state index contributed by atoms with van der Waals surface area (Å²) in [6.07, 6.45) is 11.0. The molecule has 0 radical (unpaired) electrons. The Morgan fingerprint density at radius 1 is 1.00 bits per heavy atom. The lowest BCUT2D eigenvalue weighted by Gasteiger charge is -2.13. The van der Waals surface area contributed by atoms with Crippen molar-refractivity contribution < 1.29 is 32.9 Å². The largest absolute Gasteiger partial charge is 0.511 e. The highest BCUT2D eigenvalue weighted by atomic mass is 19.1. The van der Waals surface area contributed by atoms with Gasteiger partial charge < -0.3 is 23.9 Å². The van der Waals surface area contributed by atoms with E-state index in [0.29, 0.717) is 12.1 Å². The van der Waals surface area contributed by atoms with E-state index in [-0.39, 0.29) is 18.9 Å². The van der Waals surface area contributed by atoms with Crippen LogP contribution in [0.5, 0.6) is 0 Å². The third kappa shape index (κ3) is 13.6. The molecule has 1 heterocycles. The molecule has 8 heteroatoms. The third-order valence-electron chi connectivity index (χ3n) is 4.89. The highest BCUT2D eigenvalue weighted by Crippen LogP contribution is 2.13. The minimum absolute atomic E-state index is 0.00239. The number of carbonyl (C=O) groups excluding carboxylic acids is 2. The third-order valence-corrected chi connectivity index (χ3v) is 4.89. The molecular weight excluding hydrogens is 429 g/mol. The predicted octanol–water partition coefficient (Wildman–Crippen LogP) is 6.12.